The maximum absolute atomic E-state index is 13.7. The van der Waals surface area contributed by atoms with Crippen molar-refractivity contribution in [1.82, 2.24) is 5.32 Å². The van der Waals surface area contributed by atoms with Crippen molar-refractivity contribution < 1.29 is 13.9 Å². The van der Waals surface area contributed by atoms with Gasteiger partial charge in [-0.15, -0.1) is 0 Å². The van der Waals surface area contributed by atoms with Gasteiger partial charge in [0.15, 0.2) is 0 Å². The van der Waals surface area contributed by atoms with Gasteiger partial charge in [0.2, 0.25) is 5.91 Å². The zero-order valence-electron chi connectivity index (χ0n) is 14.1. The van der Waals surface area contributed by atoms with Gasteiger partial charge in [0.05, 0.1) is 5.54 Å². The van der Waals surface area contributed by atoms with E-state index in [0.29, 0.717) is 32.0 Å². The number of carbonyl (C=O) groups excluding carboxylic acids is 1. The van der Waals surface area contributed by atoms with Crippen LogP contribution in [0.15, 0.2) is 54.6 Å². The highest BCUT2D eigenvalue weighted by Crippen LogP contribution is 2.48. The van der Waals surface area contributed by atoms with Crippen LogP contribution in [0.25, 0.3) is 0 Å². The Morgan fingerprint density at radius 2 is 1.84 bits per heavy atom. The van der Waals surface area contributed by atoms with Gasteiger partial charge < -0.3 is 10.1 Å². The fourth-order valence-corrected chi connectivity index (χ4v) is 3.87. The van der Waals surface area contributed by atoms with Gasteiger partial charge >= 0.3 is 0 Å². The molecule has 3 nitrogen and oxygen atoms in total. The highest BCUT2D eigenvalue weighted by Gasteiger charge is 2.47. The lowest BCUT2D eigenvalue weighted by atomic mass is 9.82. The first-order valence-corrected chi connectivity index (χ1v) is 8.89. The molecule has 1 N–H and O–H groups in total. The molecule has 2 fully saturated rings. The third kappa shape index (κ3) is 3.31. The second-order valence-corrected chi connectivity index (χ2v) is 7.05. The Balaban J connectivity index is 1.53. The van der Waals surface area contributed by atoms with Gasteiger partial charge in [-0.05, 0) is 48.4 Å². The summed E-state index contributed by atoms with van der Waals surface area (Å²) < 4.78 is 19.2. The lowest BCUT2D eigenvalue weighted by Crippen LogP contribution is -2.50. The maximum Gasteiger partial charge on any atom is 0.224 e. The molecule has 1 aliphatic carbocycles. The van der Waals surface area contributed by atoms with E-state index < -0.39 is 5.54 Å². The third-order valence-corrected chi connectivity index (χ3v) is 5.44. The SMILES string of the molecule is O=C(NC1(c2cccc(F)c2)CCOCC1)C1CC1c1ccccc1. The van der Waals surface area contributed by atoms with E-state index in [4.69, 9.17) is 4.74 Å². The van der Waals surface area contributed by atoms with E-state index in [1.165, 1.54) is 17.7 Å². The fraction of sp³-hybridized carbons (Fsp3) is 0.381. The maximum atomic E-state index is 13.7. The van der Waals surface area contributed by atoms with E-state index >= 15 is 0 Å². The number of halogens is 1. The minimum absolute atomic E-state index is 0.00989. The van der Waals surface area contributed by atoms with Gasteiger partial charge in [-0.1, -0.05) is 42.5 Å². The molecule has 1 saturated carbocycles. The van der Waals surface area contributed by atoms with Crippen molar-refractivity contribution in [2.24, 2.45) is 5.92 Å². The van der Waals surface area contributed by atoms with Crippen molar-refractivity contribution in [2.75, 3.05) is 13.2 Å². The summed E-state index contributed by atoms with van der Waals surface area (Å²) in [6.07, 6.45) is 2.22. The molecule has 4 rings (SSSR count). The first kappa shape index (κ1) is 16.3. The number of carbonyl (C=O) groups is 1. The summed E-state index contributed by atoms with van der Waals surface area (Å²) in [5, 5.41) is 3.25. The van der Waals surface area contributed by atoms with E-state index in [2.05, 4.69) is 17.4 Å². The standard InChI is InChI=1S/C21H22FNO2/c22-17-8-4-7-16(13-17)21(9-11-25-12-10-21)23-20(24)19-14-18(19)15-5-2-1-3-6-15/h1-8,13,18-19H,9-12,14H2,(H,23,24). The molecule has 2 aliphatic rings. The molecule has 1 heterocycles. The molecule has 2 aromatic carbocycles. The third-order valence-electron chi connectivity index (χ3n) is 5.44. The lowest BCUT2D eigenvalue weighted by Gasteiger charge is -2.38. The van der Waals surface area contributed by atoms with Crippen LogP contribution < -0.4 is 5.32 Å². The molecule has 1 amide bonds. The summed E-state index contributed by atoms with van der Waals surface area (Å²) in [6, 6.07) is 16.7. The molecule has 25 heavy (non-hydrogen) atoms. The topological polar surface area (TPSA) is 38.3 Å². The van der Waals surface area contributed by atoms with Crippen LogP contribution in [0.3, 0.4) is 0 Å². The molecule has 2 aromatic rings. The smallest absolute Gasteiger partial charge is 0.224 e. The van der Waals surface area contributed by atoms with Gasteiger partial charge in [-0.25, -0.2) is 4.39 Å². The summed E-state index contributed by atoms with van der Waals surface area (Å²) >= 11 is 0. The summed E-state index contributed by atoms with van der Waals surface area (Å²) in [5.74, 6) is 0.104. The van der Waals surface area contributed by atoms with Crippen molar-refractivity contribution in [3.05, 3.63) is 71.5 Å². The first-order valence-electron chi connectivity index (χ1n) is 8.89. The van der Waals surface area contributed by atoms with Gasteiger partial charge in [0, 0.05) is 19.1 Å². The molecule has 0 radical (unpaired) electrons. The van der Waals surface area contributed by atoms with Crippen molar-refractivity contribution in [3.8, 4) is 0 Å². The van der Waals surface area contributed by atoms with Crippen LogP contribution >= 0.6 is 0 Å². The molecule has 0 spiro atoms. The quantitative estimate of drug-likeness (QED) is 0.921. The Morgan fingerprint density at radius 3 is 2.56 bits per heavy atom. The van der Waals surface area contributed by atoms with Gasteiger partial charge in [-0.3, -0.25) is 4.79 Å². The zero-order valence-corrected chi connectivity index (χ0v) is 14.1. The Morgan fingerprint density at radius 1 is 1.08 bits per heavy atom. The summed E-state index contributed by atoms with van der Waals surface area (Å²) in [7, 11) is 0. The molecular formula is C21H22FNO2. The number of amides is 1. The number of ether oxygens (including phenoxy) is 1. The van der Waals surface area contributed by atoms with E-state index in [1.807, 2.05) is 24.3 Å². The van der Waals surface area contributed by atoms with Gasteiger partial charge in [0.25, 0.3) is 0 Å². The molecule has 0 bridgehead atoms. The van der Waals surface area contributed by atoms with E-state index in [9.17, 15) is 9.18 Å². The fourth-order valence-electron chi connectivity index (χ4n) is 3.87. The predicted octanol–water partition coefficient (Wildman–Crippen LogP) is 3.75. The molecule has 1 aliphatic heterocycles. The monoisotopic (exact) mass is 339 g/mol. The van der Waals surface area contributed by atoms with Crippen molar-refractivity contribution in [2.45, 2.75) is 30.7 Å². The predicted molar refractivity (Wildman–Crippen MR) is 93.6 cm³/mol. The minimum Gasteiger partial charge on any atom is -0.381 e. The minimum atomic E-state index is -0.527. The Kier molecular flexibility index (Phi) is 4.30. The Bertz CT molecular complexity index is 756. The number of benzene rings is 2. The van der Waals surface area contributed by atoms with Crippen LogP contribution in [0.1, 0.15) is 36.3 Å². The van der Waals surface area contributed by atoms with Crippen LogP contribution in [-0.4, -0.2) is 19.1 Å². The van der Waals surface area contributed by atoms with Crippen LogP contribution in [0.5, 0.6) is 0 Å². The lowest BCUT2D eigenvalue weighted by molar-refractivity contribution is -0.125. The molecular weight excluding hydrogens is 317 g/mol. The van der Waals surface area contributed by atoms with Crippen LogP contribution in [0.2, 0.25) is 0 Å². The summed E-state index contributed by atoms with van der Waals surface area (Å²) in [4.78, 5) is 12.9. The van der Waals surface area contributed by atoms with Crippen LogP contribution in [-0.2, 0) is 15.1 Å². The number of nitrogens with one attached hydrogen (secondary N) is 1. The number of hydrogen-bond donors (Lipinski definition) is 1. The largest absolute Gasteiger partial charge is 0.381 e. The molecule has 1 saturated heterocycles. The number of rotatable bonds is 4. The molecule has 2 atom stereocenters. The van der Waals surface area contributed by atoms with Crippen molar-refractivity contribution >= 4 is 5.91 Å². The average Bonchev–Trinajstić information content (AvgIpc) is 3.44. The first-order chi connectivity index (χ1) is 12.2. The van der Waals surface area contributed by atoms with Gasteiger partial charge in [0.1, 0.15) is 5.82 Å². The Labute approximate surface area is 147 Å². The summed E-state index contributed by atoms with van der Waals surface area (Å²) in [6.45, 7) is 1.15. The second kappa shape index (κ2) is 6.60. The highest BCUT2D eigenvalue weighted by atomic mass is 19.1. The van der Waals surface area contributed by atoms with E-state index in [1.54, 1.807) is 6.07 Å². The van der Waals surface area contributed by atoms with Crippen molar-refractivity contribution in [3.63, 3.8) is 0 Å². The van der Waals surface area contributed by atoms with Crippen LogP contribution in [0.4, 0.5) is 4.39 Å². The molecule has 130 valence electrons. The number of hydrogen-bond acceptors (Lipinski definition) is 2. The zero-order chi connectivity index (χ0) is 17.3. The van der Waals surface area contributed by atoms with Crippen molar-refractivity contribution in [1.29, 1.82) is 0 Å². The van der Waals surface area contributed by atoms with Crippen LogP contribution in [0, 0.1) is 11.7 Å². The highest BCUT2D eigenvalue weighted by molar-refractivity contribution is 5.83. The van der Waals surface area contributed by atoms with E-state index in [-0.39, 0.29) is 17.6 Å². The van der Waals surface area contributed by atoms with E-state index in [0.717, 1.165) is 12.0 Å². The Hall–Kier alpha value is -2.20. The summed E-state index contributed by atoms with van der Waals surface area (Å²) in [5.41, 5.74) is 1.52. The molecule has 4 heteroatoms. The van der Waals surface area contributed by atoms with Gasteiger partial charge in [-0.2, -0.15) is 0 Å². The normalized spacial score (nSPS) is 24.5. The average molecular weight is 339 g/mol. The molecule has 0 aromatic heterocycles. The molecule has 2 unspecified atom stereocenters. The second-order valence-electron chi connectivity index (χ2n) is 7.05.